The first kappa shape index (κ1) is 14.8. The van der Waals surface area contributed by atoms with Gasteiger partial charge in [-0.3, -0.25) is 0 Å². The van der Waals surface area contributed by atoms with Crippen LogP contribution in [0, 0.1) is 0 Å². The van der Waals surface area contributed by atoms with Crippen LogP contribution in [0.25, 0.3) is 0 Å². The van der Waals surface area contributed by atoms with E-state index < -0.39 is 5.97 Å². The smallest absolute Gasteiger partial charge is 0.335 e. The van der Waals surface area contributed by atoms with Crippen LogP contribution in [0.1, 0.15) is 54.4 Å². The van der Waals surface area contributed by atoms with E-state index in [0.29, 0.717) is 5.56 Å². The Balaban J connectivity index is 1.98. The van der Waals surface area contributed by atoms with Gasteiger partial charge in [-0.15, -0.1) is 6.58 Å². The molecule has 3 heteroatoms. The quantitative estimate of drug-likeness (QED) is 0.776. The minimum atomic E-state index is -0.875. The van der Waals surface area contributed by atoms with Crippen LogP contribution >= 0.6 is 0 Å². The standard InChI is InChI=1S/C17H23NO2/c1-2-10-17(11-4-3-5-12-17)18-13-14-6-8-15(9-7-14)16(19)20/h2,6-9,18H,1,3-5,10-13H2,(H,19,20). The molecule has 0 unspecified atom stereocenters. The first-order valence-corrected chi connectivity index (χ1v) is 7.33. The lowest BCUT2D eigenvalue weighted by molar-refractivity contribution is 0.0697. The van der Waals surface area contributed by atoms with Crippen LogP contribution in [0.2, 0.25) is 0 Å². The third kappa shape index (κ3) is 3.70. The van der Waals surface area contributed by atoms with Crippen molar-refractivity contribution < 1.29 is 9.90 Å². The minimum Gasteiger partial charge on any atom is -0.478 e. The van der Waals surface area contributed by atoms with E-state index in [1.54, 1.807) is 12.1 Å². The van der Waals surface area contributed by atoms with Gasteiger partial charge in [-0.1, -0.05) is 37.5 Å². The van der Waals surface area contributed by atoms with Gasteiger partial charge in [0.2, 0.25) is 0 Å². The Hall–Kier alpha value is -1.61. The average Bonchev–Trinajstić information content (AvgIpc) is 2.47. The molecule has 3 nitrogen and oxygen atoms in total. The maximum absolute atomic E-state index is 10.8. The summed E-state index contributed by atoms with van der Waals surface area (Å²) in [6, 6.07) is 7.11. The van der Waals surface area contributed by atoms with Crippen molar-refractivity contribution in [2.45, 2.75) is 50.6 Å². The molecule has 0 atom stereocenters. The van der Waals surface area contributed by atoms with Crippen molar-refractivity contribution in [3.05, 3.63) is 48.0 Å². The zero-order chi connectivity index (χ0) is 14.4. The van der Waals surface area contributed by atoms with Gasteiger partial charge in [0.1, 0.15) is 0 Å². The van der Waals surface area contributed by atoms with E-state index in [9.17, 15) is 4.79 Å². The summed E-state index contributed by atoms with van der Waals surface area (Å²) in [5.41, 5.74) is 1.65. The summed E-state index contributed by atoms with van der Waals surface area (Å²) in [6.07, 6.45) is 9.29. The largest absolute Gasteiger partial charge is 0.478 e. The Kier molecular flexibility index (Phi) is 4.96. The van der Waals surface area contributed by atoms with Crippen LogP contribution in [-0.4, -0.2) is 16.6 Å². The van der Waals surface area contributed by atoms with Gasteiger partial charge in [0.25, 0.3) is 0 Å². The molecule has 0 radical (unpaired) electrons. The number of benzene rings is 1. The van der Waals surface area contributed by atoms with Crippen LogP contribution < -0.4 is 5.32 Å². The fourth-order valence-electron chi connectivity index (χ4n) is 3.01. The molecule has 1 aromatic rings. The molecule has 2 N–H and O–H groups in total. The number of aromatic carboxylic acids is 1. The number of carbonyl (C=O) groups is 1. The first-order chi connectivity index (χ1) is 9.65. The molecule has 0 saturated heterocycles. The van der Waals surface area contributed by atoms with Gasteiger partial charge in [-0.2, -0.15) is 0 Å². The molecular formula is C17H23NO2. The molecule has 0 bridgehead atoms. The molecule has 1 saturated carbocycles. The van der Waals surface area contributed by atoms with Crippen LogP contribution in [0.5, 0.6) is 0 Å². The van der Waals surface area contributed by atoms with Crippen molar-refractivity contribution in [1.29, 1.82) is 0 Å². The summed E-state index contributed by atoms with van der Waals surface area (Å²) < 4.78 is 0. The number of carboxylic acids is 1. The topological polar surface area (TPSA) is 49.3 Å². The van der Waals surface area contributed by atoms with E-state index in [2.05, 4.69) is 11.9 Å². The second-order valence-electron chi connectivity index (χ2n) is 5.69. The Morgan fingerprint density at radius 2 is 1.90 bits per heavy atom. The van der Waals surface area contributed by atoms with Gasteiger partial charge < -0.3 is 10.4 Å². The Morgan fingerprint density at radius 1 is 1.25 bits per heavy atom. The summed E-state index contributed by atoms with van der Waals surface area (Å²) in [4.78, 5) is 10.8. The molecule has 0 aliphatic heterocycles. The van der Waals surface area contributed by atoms with Gasteiger partial charge >= 0.3 is 5.97 Å². The fraction of sp³-hybridized carbons (Fsp3) is 0.471. The van der Waals surface area contributed by atoms with Crippen LogP contribution in [0.4, 0.5) is 0 Å². The lowest BCUT2D eigenvalue weighted by Crippen LogP contribution is -2.45. The van der Waals surface area contributed by atoms with E-state index in [4.69, 9.17) is 5.11 Å². The number of hydrogen-bond donors (Lipinski definition) is 2. The monoisotopic (exact) mass is 273 g/mol. The molecule has 1 aliphatic rings. The van der Waals surface area contributed by atoms with E-state index in [1.807, 2.05) is 18.2 Å². The lowest BCUT2D eigenvalue weighted by Gasteiger charge is -2.38. The number of nitrogens with one attached hydrogen (secondary N) is 1. The fourth-order valence-corrected chi connectivity index (χ4v) is 3.01. The number of carboxylic acid groups (broad SMARTS) is 1. The predicted molar refractivity (Wildman–Crippen MR) is 80.9 cm³/mol. The molecule has 0 amide bonds. The van der Waals surface area contributed by atoms with Crippen molar-refractivity contribution in [3.63, 3.8) is 0 Å². The van der Waals surface area contributed by atoms with Crippen molar-refractivity contribution >= 4 is 5.97 Å². The van der Waals surface area contributed by atoms with Gasteiger partial charge in [0.05, 0.1) is 5.56 Å². The number of rotatable bonds is 6. The highest BCUT2D eigenvalue weighted by Crippen LogP contribution is 2.31. The Labute approximate surface area is 120 Å². The normalized spacial score (nSPS) is 17.6. The van der Waals surface area contributed by atoms with Crippen LogP contribution in [0.3, 0.4) is 0 Å². The van der Waals surface area contributed by atoms with E-state index in [0.717, 1.165) is 18.5 Å². The van der Waals surface area contributed by atoms with E-state index >= 15 is 0 Å². The summed E-state index contributed by atoms with van der Waals surface area (Å²) >= 11 is 0. The molecular weight excluding hydrogens is 250 g/mol. The van der Waals surface area contributed by atoms with Crippen molar-refractivity contribution in [3.8, 4) is 0 Å². The zero-order valence-corrected chi connectivity index (χ0v) is 11.9. The SMILES string of the molecule is C=CCC1(NCc2ccc(C(=O)O)cc2)CCCCC1. The summed E-state index contributed by atoms with van der Waals surface area (Å²) in [7, 11) is 0. The highest BCUT2D eigenvalue weighted by molar-refractivity contribution is 5.87. The second kappa shape index (κ2) is 6.71. The first-order valence-electron chi connectivity index (χ1n) is 7.33. The second-order valence-corrected chi connectivity index (χ2v) is 5.69. The molecule has 0 heterocycles. The summed E-state index contributed by atoms with van der Waals surface area (Å²) in [5.74, 6) is -0.875. The van der Waals surface area contributed by atoms with Gasteiger partial charge in [-0.25, -0.2) is 4.79 Å². The minimum absolute atomic E-state index is 0.186. The van der Waals surface area contributed by atoms with Gasteiger partial charge in [0, 0.05) is 12.1 Å². The molecule has 20 heavy (non-hydrogen) atoms. The molecule has 1 fully saturated rings. The van der Waals surface area contributed by atoms with Crippen molar-refractivity contribution in [2.75, 3.05) is 0 Å². The van der Waals surface area contributed by atoms with E-state index in [1.165, 1.54) is 32.1 Å². The van der Waals surface area contributed by atoms with Gasteiger partial charge in [-0.05, 0) is 37.0 Å². The Morgan fingerprint density at radius 3 is 2.45 bits per heavy atom. The Bertz CT molecular complexity index is 458. The molecule has 2 rings (SSSR count). The maximum Gasteiger partial charge on any atom is 0.335 e. The van der Waals surface area contributed by atoms with Gasteiger partial charge in [0.15, 0.2) is 0 Å². The molecule has 108 valence electrons. The van der Waals surface area contributed by atoms with Crippen molar-refractivity contribution in [2.24, 2.45) is 0 Å². The lowest BCUT2D eigenvalue weighted by atomic mass is 9.79. The van der Waals surface area contributed by atoms with E-state index in [-0.39, 0.29) is 5.54 Å². The molecule has 1 aromatic carbocycles. The number of hydrogen-bond acceptors (Lipinski definition) is 2. The molecule has 0 spiro atoms. The third-order valence-corrected chi connectivity index (χ3v) is 4.21. The highest BCUT2D eigenvalue weighted by atomic mass is 16.4. The zero-order valence-electron chi connectivity index (χ0n) is 11.9. The molecule has 1 aliphatic carbocycles. The van der Waals surface area contributed by atoms with Crippen LogP contribution in [-0.2, 0) is 6.54 Å². The maximum atomic E-state index is 10.8. The molecule has 0 aromatic heterocycles. The summed E-state index contributed by atoms with van der Waals surface area (Å²) in [6.45, 7) is 4.67. The van der Waals surface area contributed by atoms with Crippen LogP contribution in [0.15, 0.2) is 36.9 Å². The van der Waals surface area contributed by atoms with Crippen molar-refractivity contribution in [1.82, 2.24) is 5.32 Å². The third-order valence-electron chi connectivity index (χ3n) is 4.21. The predicted octanol–water partition coefficient (Wildman–Crippen LogP) is 3.75. The average molecular weight is 273 g/mol. The summed E-state index contributed by atoms with van der Waals surface area (Å²) in [5, 5.41) is 12.6. The highest BCUT2D eigenvalue weighted by Gasteiger charge is 2.29.